The van der Waals surface area contributed by atoms with Gasteiger partial charge >= 0.3 is 0 Å². The number of benzene rings is 3. The standard InChI is InChI=1S/C26H29NO/c1-4-25(21-11-7-5-8-12-21)26(22-13-9-6-10-14-22)23-15-17-24(18-16-23)28-20-19-27(2)3/h5-18H,4,19-20H2,1-3H3/b26-25-/i1D3,4D2. The zero-order valence-electron chi connectivity index (χ0n) is 21.4. The monoisotopic (exact) mass is 376 g/mol. The molecule has 0 aliphatic rings. The molecule has 0 bridgehead atoms. The molecule has 0 spiro atoms. The van der Waals surface area contributed by atoms with Crippen molar-refractivity contribution in [1.82, 2.24) is 4.90 Å². The third kappa shape index (κ3) is 5.11. The van der Waals surface area contributed by atoms with Crippen molar-refractivity contribution in [1.29, 1.82) is 0 Å². The molecule has 0 aliphatic heterocycles. The van der Waals surface area contributed by atoms with E-state index < -0.39 is 13.2 Å². The molecule has 0 fully saturated rings. The average molecular weight is 377 g/mol. The molecule has 0 radical (unpaired) electrons. The maximum atomic E-state index is 8.69. The van der Waals surface area contributed by atoms with Crippen molar-refractivity contribution in [3.8, 4) is 5.75 Å². The second kappa shape index (κ2) is 9.91. The Morgan fingerprint density at radius 3 is 1.96 bits per heavy atom. The van der Waals surface area contributed by atoms with E-state index in [2.05, 4.69) is 0 Å². The molecule has 3 aromatic carbocycles. The molecule has 3 rings (SSSR count). The first kappa shape index (κ1) is 14.2. The Labute approximate surface area is 176 Å². The average Bonchev–Trinajstić information content (AvgIpc) is 2.78. The van der Waals surface area contributed by atoms with Gasteiger partial charge in [-0.2, -0.15) is 0 Å². The topological polar surface area (TPSA) is 12.5 Å². The van der Waals surface area contributed by atoms with E-state index in [1.807, 2.05) is 79.7 Å². The Hall–Kier alpha value is -2.84. The first-order valence-electron chi connectivity index (χ1n) is 11.8. The molecule has 2 heteroatoms. The molecule has 144 valence electrons. The zero-order chi connectivity index (χ0) is 24.1. The zero-order valence-corrected chi connectivity index (χ0v) is 16.4. The van der Waals surface area contributed by atoms with Crippen LogP contribution in [0.2, 0.25) is 0 Å². The van der Waals surface area contributed by atoms with Crippen LogP contribution < -0.4 is 4.74 Å². The Kier molecular flexibility index (Phi) is 5.03. The van der Waals surface area contributed by atoms with E-state index in [-0.39, 0.29) is 5.57 Å². The highest BCUT2D eigenvalue weighted by Crippen LogP contribution is 2.34. The summed E-state index contributed by atoms with van der Waals surface area (Å²) in [5.41, 5.74) is 2.67. The van der Waals surface area contributed by atoms with Crippen LogP contribution in [-0.4, -0.2) is 32.1 Å². The van der Waals surface area contributed by atoms with Gasteiger partial charge in [0.2, 0.25) is 0 Å². The van der Waals surface area contributed by atoms with Gasteiger partial charge in [-0.1, -0.05) is 79.6 Å². The molecule has 28 heavy (non-hydrogen) atoms. The van der Waals surface area contributed by atoms with Crippen molar-refractivity contribution < 1.29 is 11.6 Å². The van der Waals surface area contributed by atoms with Crippen molar-refractivity contribution >= 4 is 11.1 Å². The van der Waals surface area contributed by atoms with Crippen LogP contribution in [0.15, 0.2) is 84.9 Å². The number of rotatable bonds is 8. The van der Waals surface area contributed by atoms with Crippen molar-refractivity contribution in [2.24, 2.45) is 0 Å². The molecule has 0 atom stereocenters. The molecular formula is C26H29NO. The van der Waals surface area contributed by atoms with E-state index in [1.54, 1.807) is 24.3 Å². The summed E-state index contributed by atoms with van der Waals surface area (Å²) in [4.78, 5) is 2.04. The molecule has 0 saturated carbocycles. The van der Waals surface area contributed by atoms with Gasteiger partial charge in [0.15, 0.2) is 0 Å². The van der Waals surface area contributed by atoms with Crippen LogP contribution in [0.25, 0.3) is 11.1 Å². The number of likely N-dealkylation sites (N-methyl/N-ethyl adjacent to an activating group) is 1. The smallest absolute Gasteiger partial charge is 0.119 e. The summed E-state index contributed by atoms with van der Waals surface area (Å²) >= 11 is 0. The highest BCUT2D eigenvalue weighted by molar-refractivity contribution is 5.98. The van der Waals surface area contributed by atoms with Crippen molar-refractivity contribution in [2.75, 3.05) is 27.2 Å². The lowest BCUT2D eigenvalue weighted by atomic mass is 9.88. The quantitative estimate of drug-likeness (QED) is 0.447. The second-order valence-electron chi connectivity index (χ2n) is 6.78. The van der Waals surface area contributed by atoms with Gasteiger partial charge in [-0.3, -0.25) is 0 Å². The predicted octanol–water partition coefficient (Wildman–Crippen LogP) is 6.00. The first-order valence-corrected chi connectivity index (χ1v) is 9.35. The molecule has 0 amide bonds. The predicted molar refractivity (Wildman–Crippen MR) is 120 cm³/mol. The fraction of sp³-hybridized carbons (Fsp3) is 0.231. The molecule has 3 aromatic rings. The van der Waals surface area contributed by atoms with Crippen LogP contribution in [0.1, 0.15) is 36.8 Å². The van der Waals surface area contributed by atoms with Crippen LogP contribution in [0.4, 0.5) is 0 Å². The van der Waals surface area contributed by atoms with Crippen LogP contribution in [-0.2, 0) is 0 Å². The van der Waals surface area contributed by atoms with Gasteiger partial charge in [-0.25, -0.2) is 0 Å². The van der Waals surface area contributed by atoms with E-state index in [4.69, 9.17) is 11.6 Å². The van der Waals surface area contributed by atoms with Crippen molar-refractivity contribution in [2.45, 2.75) is 13.2 Å². The lowest BCUT2D eigenvalue weighted by Crippen LogP contribution is -2.19. The molecule has 0 saturated heterocycles. The van der Waals surface area contributed by atoms with Crippen molar-refractivity contribution in [3.63, 3.8) is 0 Å². The van der Waals surface area contributed by atoms with Crippen LogP contribution in [0.3, 0.4) is 0 Å². The summed E-state index contributed by atoms with van der Waals surface area (Å²) in [7, 11) is 3.96. The lowest BCUT2D eigenvalue weighted by molar-refractivity contribution is 0.261. The van der Waals surface area contributed by atoms with E-state index in [9.17, 15) is 0 Å². The molecule has 2 nitrogen and oxygen atoms in total. The number of allylic oxidation sites excluding steroid dienone is 1. The molecule has 0 unspecified atom stereocenters. The lowest BCUT2D eigenvalue weighted by Gasteiger charge is -2.17. The normalized spacial score (nSPS) is 15.6. The fourth-order valence-electron chi connectivity index (χ4n) is 3.01. The molecule has 0 N–H and O–H groups in total. The Morgan fingerprint density at radius 2 is 1.39 bits per heavy atom. The number of hydrogen-bond acceptors (Lipinski definition) is 2. The maximum Gasteiger partial charge on any atom is 0.119 e. The van der Waals surface area contributed by atoms with Gasteiger partial charge in [-0.05, 0) is 60.4 Å². The molecule has 0 aromatic heterocycles. The first-order chi connectivity index (χ1) is 15.6. The third-order valence-corrected chi connectivity index (χ3v) is 4.45. The minimum atomic E-state index is -2.85. The molecular weight excluding hydrogens is 342 g/mol. The van der Waals surface area contributed by atoms with E-state index >= 15 is 0 Å². The van der Waals surface area contributed by atoms with Gasteiger partial charge in [0, 0.05) is 13.4 Å². The van der Waals surface area contributed by atoms with Crippen LogP contribution >= 0.6 is 0 Å². The fourth-order valence-corrected chi connectivity index (χ4v) is 3.01. The number of ether oxygens (including phenoxy) is 1. The third-order valence-electron chi connectivity index (χ3n) is 4.45. The van der Waals surface area contributed by atoms with Crippen LogP contribution in [0, 0.1) is 0 Å². The van der Waals surface area contributed by atoms with Gasteiger partial charge in [0.25, 0.3) is 0 Å². The minimum absolute atomic E-state index is 0.135. The summed E-state index contributed by atoms with van der Waals surface area (Å²) < 4.78 is 47.1. The highest BCUT2D eigenvalue weighted by Gasteiger charge is 2.12. The van der Waals surface area contributed by atoms with Gasteiger partial charge in [0.1, 0.15) is 12.4 Å². The molecule has 0 aliphatic carbocycles. The largest absolute Gasteiger partial charge is 0.492 e. The second-order valence-corrected chi connectivity index (χ2v) is 6.78. The minimum Gasteiger partial charge on any atom is -0.492 e. The van der Waals surface area contributed by atoms with Gasteiger partial charge < -0.3 is 9.64 Å². The van der Waals surface area contributed by atoms with Gasteiger partial charge in [-0.15, -0.1) is 0 Å². The molecule has 0 heterocycles. The van der Waals surface area contributed by atoms with E-state index in [1.165, 1.54) is 0 Å². The Bertz CT molecular complexity index is 1060. The number of nitrogens with zero attached hydrogens (tertiary/aromatic N) is 1. The summed E-state index contributed by atoms with van der Waals surface area (Å²) in [6, 6.07) is 25.6. The summed E-state index contributed by atoms with van der Waals surface area (Å²) in [5, 5.41) is 0. The van der Waals surface area contributed by atoms with E-state index in [0.29, 0.717) is 29.1 Å². The highest BCUT2D eigenvalue weighted by atomic mass is 16.5. The van der Waals surface area contributed by atoms with Crippen LogP contribution in [0.5, 0.6) is 5.75 Å². The Morgan fingerprint density at radius 1 is 0.821 bits per heavy atom. The summed E-state index contributed by atoms with van der Waals surface area (Å²) in [6.45, 7) is -1.52. The van der Waals surface area contributed by atoms with Gasteiger partial charge in [0.05, 0.1) is 0 Å². The van der Waals surface area contributed by atoms with Crippen molar-refractivity contribution in [3.05, 3.63) is 102 Å². The number of hydrogen-bond donors (Lipinski definition) is 0. The maximum absolute atomic E-state index is 8.69. The SMILES string of the molecule is [2H]C([2H])([2H])C([2H])([2H])/C(=C(\c1ccccc1)c1ccc(OCCN(C)C)cc1)c1ccccc1. The summed E-state index contributed by atoms with van der Waals surface area (Å²) in [6.07, 6.45) is -2.58. The van der Waals surface area contributed by atoms with E-state index in [0.717, 1.165) is 12.1 Å². The summed E-state index contributed by atoms with van der Waals surface area (Å²) in [5.74, 6) is 0.702. The Balaban J connectivity index is 2.21.